The lowest BCUT2D eigenvalue weighted by Gasteiger charge is -2.04. The zero-order valence-electron chi connectivity index (χ0n) is 7.81. The lowest BCUT2D eigenvalue weighted by Crippen LogP contribution is -1.93. The fourth-order valence-electron chi connectivity index (χ4n) is 1.32. The van der Waals surface area contributed by atoms with Crippen LogP contribution < -0.4 is 5.73 Å². The van der Waals surface area contributed by atoms with E-state index in [2.05, 4.69) is 15.0 Å². The van der Waals surface area contributed by atoms with Crippen LogP contribution in [0, 0.1) is 6.92 Å². The van der Waals surface area contributed by atoms with Crippen LogP contribution in [0.25, 0.3) is 11.3 Å². The van der Waals surface area contributed by atoms with Gasteiger partial charge in [-0.25, -0.2) is 9.97 Å². The van der Waals surface area contributed by atoms with Crippen LogP contribution in [0.3, 0.4) is 0 Å². The van der Waals surface area contributed by atoms with Crippen molar-refractivity contribution in [1.82, 2.24) is 15.0 Å². The number of pyridine rings is 1. The summed E-state index contributed by atoms with van der Waals surface area (Å²) in [7, 11) is 0. The normalized spacial score (nSPS) is 10.1. The summed E-state index contributed by atoms with van der Waals surface area (Å²) < 4.78 is 0. The van der Waals surface area contributed by atoms with Crippen molar-refractivity contribution in [2.24, 2.45) is 0 Å². The summed E-state index contributed by atoms with van der Waals surface area (Å²) in [6.45, 7) is 1.96. The van der Waals surface area contributed by atoms with Crippen LogP contribution in [-0.4, -0.2) is 15.0 Å². The standard InChI is InChI=1S/C10H10N4/c1-7-2-9(11)5-14-10(7)8-3-12-6-13-4-8/h2-6H,11H2,1H3. The summed E-state index contributed by atoms with van der Waals surface area (Å²) in [5.41, 5.74) is 9.09. The number of hydrogen-bond donors (Lipinski definition) is 1. The molecule has 0 unspecified atom stereocenters. The molecular weight excluding hydrogens is 176 g/mol. The first-order chi connectivity index (χ1) is 6.77. The molecule has 14 heavy (non-hydrogen) atoms. The maximum Gasteiger partial charge on any atom is 0.115 e. The number of rotatable bonds is 1. The molecule has 0 amide bonds. The largest absolute Gasteiger partial charge is 0.397 e. The summed E-state index contributed by atoms with van der Waals surface area (Å²) >= 11 is 0. The lowest BCUT2D eigenvalue weighted by molar-refractivity contribution is 1.15. The molecule has 0 aliphatic rings. The maximum absolute atomic E-state index is 5.61. The third-order valence-electron chi connectivity index (χ3n) is 1.93. The van der Waals surface area contributed by atoms with Gasteiger partial charge in [0.15, 0.2) is 0 Å². The molecule has 2 heterocycles. The zero-order valence-corrected chi connectivity index (χ0v) is 7.81. The highest BCUT2D eigenvalue weighted by Crippen LogP contribution is 2.20. The fourth-order valence-corrected chi connectivity index (χ4v) is 1.32. The highest BCUT2D eigenvalue weighted by molar-refractivity contribution is 5.62. The van der Waals surface area contributed by atoms with E-state index in [1.54, 1.807) is 18.6 Å². The van der Waals surface area contributed by atoms with Crippen molar-refractivity contribution in [2.75, 3.05) is 5.73 Å². The van der Waals surface area contributed by atoms with E-state index >= 15 is 0 Å². The van der Waals surface area contributed by atoms with Crippen LogP contribution >= 0.6 is 0 Å². The van der Waals surface area contributed by atoms with Crippen molar-refractivity contribution in [3.63, 3.8) is 0 Å². The smallest absolute Gasteiger partial charge is 0.115 e. The van der Waals surface area contributed by atoms with Gasteiger partial charge < -0.3 is 5.73 Å². The van der Waals surface area contributed by atoms with Crippen molar-refractivity contribution < 1.29 is 0 Å². The molecule has 2 N–H and O–H groups in total. The van der Waals surface area contributed by atoms with Gasteiger partial charge in [-0.05, 0) is 18.6 Å². The monoisotopic (exact) mass is 186 g/mol. The maximum atomic E-state index is 5.61. The number of hydrogen-bond acceptors (Lipinski definition) is 4. The predicted octanol–water partition coefficient (Wildman–Crippen LogP) is 1.43. The minimum atomic E-state index is 0.670. The highest BCUT2D eigenvalue weighted by atomic mass is 14.8. The molecule has 4 heteroatoms. The fraction of sp³-hybridized carbons (Fsp3) is 0.100. The van der Waals surface area contributed by atoms with Crippen LogP contribution in [0.2, 0.25) is 0 Å². The van der Waals surface area contributed by atoms with E-state index in [4.69, 9.17) is 5.73 Å². The Balaban J connectivity index is 2.53. The van der Waals surface area contributed by atoms with Crippen LogP contribution in [0.4, 0.5) is 5.69 Å². The molecule has 0 saturated carbocycles. The molecule has 0 fully saturated rings. The van der Waals surface area contributed by atoms with Gasteiger partial charge in [-0.1, -0.05) is 0 Å². The van der Waals surface area contributed by atoms with Gasteiger partial charge in [0.25, 0.3) is 0 Å². The van der Waals surface area contributed by atoms with Gasteiger partial charge >= 0.3 is 0 Å². The van der Waals surface area contributed by atoms with E-state index in [0.717, 1.165) is 16.8 Å². The van der Waals surface area contributed by atoms with Gasteiger partial charge in [0, 0.05) is 18.0 Å². The van der Waals surface area contributed by atoms with E-state index < -0.39 is 0 Å². The predicted molar refractivity (Wildman–Crippen MR) is 54.4 cm³/mol. The minimum Gasteiger partial charge on any atom is -0.397 e. The molecule has 0 bridgehead atoms. The van der Waals surface area contributed by atoms with Gasteiger partial charge in [-0.2, -0.15) is 0 Å². The molecule has 2 aromatic heterocycles. The van der Waals surface area contributed by atoms with Gasteiger partial charge in [0.05, 0.1) is 17.6 Å². The Hall–Kier alpha value is -1.97. The van der Waals surface area contributed by atoms with E-state index in [1.165, 1.54) is 6.33 Å². The third kappa shape index (κ3) is 1.54. The van der Waals surface area contributed by atoms with Crippen molar-refractivity contribution in [1.29, 1.82) is 0 Å². The molecule has 4 nitrogen and oxygen atoms in total. The number of nitrogens with two attached hydrogens (primary N) is 1. The summed E-state index contributed by atoms with van der Waals surface area (Å²) in [5, 5.41) is 0. The molecule has 0 aliphatic heterocycles. The first kappa shape index (κ1) is 8.62. The van der Waals surface area contributed by atoms with Crippen molar-refractivity contribution in [2.45, 2.75) is 6.92 Å². The van der Waals surface area contributed by atoms with E-state index in [9.17, 15) is 0 Å². The molecule has 0 atom stereocenters. The van der Waals surface area contributed by atoms with Gasteiger partial charge in [0.2, 0.25) is 0 Å². The first-order valence-electron chi connectivity index (χ1n) is 4.25. The number of aryl methyl sites for hydroxylation is 1. The number of nitrogens with zero attached hydrogens (tertiary/aromatic N) is 3. The van der Waals surface area contributed by atoms with Crippen molar-refractivity contribution >= 4 is 5.69 Å². The summed E-state index contributed by atoms with van der Waals surface area (Å²) in [6, 6.07) is 1.88. The zero-order chi connectivity index (χ0) is 9.97. The second-order valence-electron chi connectivity index (χ2n) is 3.06. The van der Waals surface area contributed by atoms with E-state index in [-0.39, 0.29) is 0 Å². The molecule has 0 saturated heterocycles. The molecule has 0 aliphatic carbocycles. The van der Waals surface area contributed by atoms with Crippen molar-refractivity contribution in [3.05, 3.63) is 36.5 Å². The van der Waals surface area contributed by atoms with Crippen LogP contribution in [0.15, 0.2) is 31.0 Å². The summed E-state index contributed by atoms with van der Waals surface area (Å²) in [5.74, 6) is 0. The molecule has 2 rings (SSSR count). The van der Waals surface area contributed by atoms with E-state index in [0.29, 0.717) is 5.69 Å². The molecule has 70 valence electrons. The highest BCUT2D eigenvalue weighted by Gasteiger charge is 2.03. The molecular formula is C10H10N4. The van der Waals surface area contributed by atoms with E-state index in [1.807, 2.05) is 13.0 Å². The Kier molecular flexibility index (Phi) is 2.10. The Morgan fingerprint density at radius 3 is 2.50 bits per heavy atom. The molecule has 0 aromatic carbocycles. The second-order valence-corrected chi connectivity index (χ2v) is 3.06. The van der Waals surface area contributed by atoms with Gasteiger partial charge in [-0.15, -0.1) is 0 Å². The average Bonchev–Trinajstić information content (AvgIpc) is 2.19. The quantitative estimate of drug-likeness (QED) is 0.731. The second kappa shape index (κ2) is 3.41. The molecule has 2 aromatic rings. The number of anilines is 1. The van der Waals surface area contributed by atoms with Gasteiger partial charge in [0.1, 0.15) is 6.33 Å². The van der Waals surface area contributed by atoms with Crippen LogP contribution in [-0.2, 0) is 0 Å². The lowest BCUT2D eigenvalue weighted by atomic mass is 10.1. The average molecular weight is 186 g/mol. The first-order valence-corrected chi connectivity index (χ1v) is 4.25. The number of nitrogen functional groups attached to an aromatic ring is 1. The van der Waals surface area contributed by atoms with Crippen LogP contribution in [0.5, 0.6) is 0 Å². The van der Waals surface area contributed by atoms with Gasteiger partial charge in [-0.3, -0.25) is 4.98 Å². The Morgan fingerprint density at radius 2 is 1.86 bits per heavy atom. The SMILES string of the molecule is Cc1cc(N)cnc1-c1cncnc1. The van der Waals surface area contributed by atoms with Crippen molar-refractivity contribution in [3.8, 4) is 11.3 Å². The third-order valence-corrected chi connectivity index (χ3v) is 1.93. The Morgan fingerprint density at radius 1 is 1.14 bits per heavy atom. The minimum absolute atomic E-state index is 0.670. The van der Waals surface area contributed by atoms with Crippen LogP contribution in [0.1, 0.15) is 5.56 Å². The topological polar surface area (TPSA) is 64.7 Å². The Bertz CT molecular complexity index is 439. The molecule has 0 spiro atoms. The summed E-state index contributed by atoms with van der Waals surface area (Å²) in [6.07, 6.45) is 6.60. The summed E-state index contributed by atoms with van der Waals surface area (Å²) in [4.78, 5) is 12.1. The molecule has 0 radical (unpaired) electrons. The number of aromatic nitrogens is 3. The Labute approximate surface area is 81.9 Å².